The molecule has 2 aromatic rings. The Morgan fingerprint density at radius 1 is 1.33 bits per heavy atom. The van der Waals surface area contributed by atoms with Crippen LogP contribution in [0.2, 0.25) is 5.02 Å². The highest BCUT2D eigenvalue weighted by Crippen LogP contribution is 2.25. The molecule has 1 aromatic carbocycles. The summed E-state index contributed by atoms with van der Waals surface area (Å²) in [6, 6.07) is 11.7. The molecule has 0 saturated heterocycles. The average Bonchev–Trinajstić information content (AvgIpc) is 2.48. The number of halogens is 1. The Kier molecular flexibility index (Phi) is 5.17. The molecule has 0 saturated carbocycles. The van der Waals surface area contributed by atoms with Gasteiger partial charge >= 0.3 is 0 Å². The number of carbonyl (C=O) groups excluding carboxylic acids is 1. The van der Waals surface area contributed by atoms with Crippen LogP contribution < -0.4 is 10.6 Å². The van der Waals surface area contributed by atoms with E-state index in [-0.39, 0.29) is 0 Å². The molecule has 110 valence electrons. The van der Waals surface area contributed by atoms with Crippen molar-refractivity contribution in [3.63, 3.8) is 0 Å². The molecule has 21 heavy (non-hydrogen) atoms. The summed E-state index contributed by atoms with van der Waals surface area (Å²) in [5.41, 5.74) is 6.74. The minimum absolute atomic E-state index is 0.319. The van der Waals surface area contributed by atoms with E-state index in [0.717, 1.165) is 19.5 Å². The van der Waals surface area contributed by atoms with E-state index in [4.69, 9.17) is 17.3 Å². The van der Waals surface area contributed by atoms with Gasteiger partial charge in [-0.3, -0.25) is 4.79 Å². The van der Waals surface area contributed by atoms with Crippen molar-refractivity contribution in [2.24, 2.45) is 5.73 Å². The van der Waals surface area contributed by atoms with E-state index >= 15 is 0 Å². The first-order chi connectivity index (χ1) is 10.1. The molecular formula is C16H18ClN3O. The number of amides is 1. The highest BCUT2D eigenvalue weighted by Gasteiger charge is 2.14. The zero-order valence-electron chi connectivity index (χ0n) is 11.9. The molecule has 1 amide bonds. The van der Waals surface area contributed by atoms with Crippen molar-refractivity contribution in [1.82, 2.24) is 4.98 Å². The third-order valence-electron chi connectivity index (χ3n) is 3.12. The molecule has 0 aliphatic carbocycles. The summed E-state index contributed by atoms with van der Waals surface area (Å²) in [4.78, 5) is 17.6. The number of aromatic nitrogens is 1. The van der Waals surface area contributed by atoms with Gasteiger partial charge in [0, 0.05) is 19.3 Å². The first-order valence-corrected chi connectivity index (χ1v) is 7.23. The fraction of sp³-hybridized carbons (Fsp3) is 0.250. The van der Waals surface area contributed by atoms with Crippen molar-refractivity contribution >= 4 is 23.3 Å². The SMILES string of the molecule is CCCN(Cc1ccccc1)c1ncc(C(N)=O)cc1Cl. The van der Waals surface area contributed by atoms with Crippen LogP contribution in [0.15, 0.2) is 42.6 Å². The Bertz CT molecular complexity index is 616. The average molecular weight is 304 g/mol. The molecule has 0 unspecified atom stereocenters. The highest BCUT2D eigenvalue weighted by molar-refractivity contribution is 6.33. The van der Waals surface area contributed by atoms with Crippen LogP contribution in [0.3, 0.4) is 0 Å². The lowest BCUT2D eigenvalue weighted by atomic mass is 10.2. The van der Waals surface area contributed by atoms with E-state index in [1.165, 1.54) is 11.8 Å². The smallest absolute Gasteiger partial charge is 0.250 e. The first kappa shape index (κ1) is 15.3. The van der Waals surface area contributed by atoms with E-state index in [2.05, 4.69) is 28.9 Å². The van der Waals surface area contributed by atoms with Crippen LogP contribution in [0, 0.1) is 0 Å². The van der Waals surface area contributed by atoms with Crippen LogP contribution in [0.4, 0.5) is 5.82 Å². The summed E-state index contributed by atoms with van der Waals surface area (Å²) in [7, 11) is 0. The number of pyridine rings is 1. The number of nitrogens with two attached hydrogens (primary N) is 1. The van der Waals surface area contributed by atoms with Crippen molar-refractivity contribution in [3.8, 4) is 0 Å². The molecule has 2 rings (SSSR count). The number of primary amides is 1. The topological polar surface area (TPSA) is 59.2 Å². The van der Waals surface area contributed by atoms with Crippen molar-refractivity contribution < 1.29 is 4.79 Å². The normalized spacial score (nSPS) is 10.4. The fourth-order valence-electron chi connectivity index (χ4n) is 2.13. The maximum absolute atomic E-state index is 11.2. The van der Waals surface area contributed by atoms with Gasteiger partial charge in [-0.1, -0.05) is 48.9 Å². The van der Waals surface area contributed by atoms with Gasteiger partial charge in [-0.15, -0.1) is 0 Å². The van der Waals surface area contributed by atoms with Gasteiger partial charge in [0.1, 0.15) is 5.82 Å². The van der Waals surface area contributed by atoms with E-state index in [1.54, 1.807) is 6.07 Å². The molecule has 4 nitrogen and oxygen atoms in total. The number of hydrogen-bond acceptors (Lipinski definition) is 3. The zero-order valence-corrected chi connectivity index (χ0v) is 12.7. The van der Waals surface area contributed by atoms with Gasteiger partial charge in [-0.05, 0) is 18.1 Å². The largest absolute Gasteiger partial charge is 0.366 e. The first-order valence-electron chi connectivity index (χ1n) is 6.86. The lowest BCUT2D eigenvalue weighted by molar-refractivity contribution is 0.1000. The quantitative estimate of drug-likeness (QED) is 0.891. The van der Waals surface area contributed by atoms with Gasteiger partial charge in [0.25, 0.3) is 0 Å². The van der Waals surface area contributed by atoms with Crippen molar-refractivity contribution in [3.05, 3.63) is 58.7 Å². The lowest BCUT2D eigenvalue weighted by Crippen LogP contribution is -2.25. The van der Waals surface area contributed by atoms with Gasteiger partial charge in [0.2, 0.25) is 5.91 Å². The standard InChI is InChI=1S/C16H18ClN3O/c1-2-8-20(11-12-6-4-3-5-7-12)16-14(17)9-13(10-19-16)15(18)21/h3-7,9-10H,2,8,11H2,1H3,(H2,18,21). The third-order valence-corrected chi connectivity index (χ3v) is 3.39. The number of hydrogen-bond donors (Lipinski definition) is 1. The van der Waals surface area contributed by atoms with Crippen LogP contribution in [-0.2, 0) is 6.54 Å². The monoisotopic (exact) mass is 303 g/mol. The molecule has 0 bridgehead atoms. The second-order valence-corrected chi connectivity index (χ2v) is 5.21. The minimum Gasteiger partial charge on any atom is -0.366 e. The number of nitrogens with zero attached hydrogens (tertiary/aromatic N) is 2. The van der Waals surface area contributed by atoms with Crippen LogP contribution in [0.5, 0.6) is 0 Å². The molecule has 1 heterocycles. The second-order valence-electron chi connectivity index (χ2n) is 4.80. The Labute approximate surface area is 129 Å². The van der Waals surface area contributed by atoms with Gasteiger partial charge < -0.3 is 10.6 Å². The predicted octanol–water partition coefficient (Wildman–Crippen LogP) is 3.25. The van der Waals surface area contributed by atoms with Crippen molar-refractivity contribution in [2.75, 3.05) is 11.4 Å². The summed E-state index contributed by atoms with van der Waals surface area (Å²) >= 11 is 6.26. The Balaban J connectivity index is 2.27. The van der Waals surface area contributed by atoms with Gasteiger partial charge in [-0.25, -0.2) is 4.98 Å². The summed E-state index contributed by atoms with van der Waals surface area (Å²) in [6.45, 7) is 3.65. The molecule has 0 fully saturated rings. The van der Waals surface area contributed by atoms with Crippen molar-refractivity contribution in [2.45, 2.75) is 19.9 Å². The van der Waals surface area contributed by atoms with E-state index in [0.29, 0.717) is 16.4 Å². The van der Waals surface area contributed by atoms with Gasteiger partial charge in [0.15, 0.2) is 0 Å². The molecular weight excluding hydrogens is 286 g/mol. The number of rotatable bonds is 6. The number of anilines is 1. The van der Waals surface area contributed by atoms with E-state index in [1.807, 2.05) is 18.2 Å². The fourth-order valence-corrected chi connectivity index (χ4v) is 2.42. The van der Waals surface area contributed by atoms with Crippen LogP contribution in [0.1, 0.15) is 29.3 Å². The predicted molar refractivity (Wildman–Crippen MR) is 85.5 cm³/mol. The summed E-state index contributed by atoms with van der Waals surface area (Å²) in [5, 5.41) is 0.440. The van der Waals surface area contributed by atoms with Crippen LogP contribution in [-0.4, -0.2) is 17.4 Å². The molecule has 5 heteroatoms. The van der Waals surface area contributed by atoms with E-state index < -0.39 is 5.91 Å². The lowest BCUT2D eigenvalue weighted by Gasteiger charge is -2.24. The van der Waals surface area contributed by atoms with Crippen molar-refractivity contribution in [1.29, 1.82) is 0 Å². The minimum atomic E-state index is -0.527. The summed E-state index contributed by atoms with van der Waals surface area (Å²) in [5.74, 6) is 0.147. The molecule has 0 spiro atoms. The maximum atomic E-state index is 11.2. The summed E-state index contributed by atoms with van der Waals surface area (Å²) < 4.78 is 0. The molecule has 0 aliphatic heterocycles. The number of carbonyl (C=O) groups is 1. The molecule has 0 aliphatic rings. The Hall–Kier alpha value is -2.07. The third kappa shape index (κ3) is 3.95. The van der Waals surface area contributed by atoms with Crippen LogP contribution >= 0.6 is 11.6 Å². The van der Waals surface area contributed by atoms with Gasteiger partial charge in [-0.2, -0.15) is 0 Å². The summed E-state index contributed by atoms with van der Waals surface area (Å²) in [6.07, 6.45) is 2.44. The van der Waals surface area contributed by atoms with E-state index in [9.17, 15) is 4.79 Å². The van der Waals surface area contributed by atoms with Gasteiger partial charge in [0.05, 0.1) is 10.6 Å². The zero-order chi connectivity index (χ0) is 15.2. The number of benzene rings is 1. The second kappa shape index (κ2) is 7.09. The molecule has 2 N–H and O–H groups in total. The molecule has 0 atom stereocenters. The molecule has 0 radical (unpaired) electrons. The highest BCUT2D eigenvalue weighted by atomic mass is 35.5. The Morgan fingerprint density at radius 2 is 2.05 bits per heavy atom. The maximum Gasteiger partial charge on any atom is 0.250 e. The van der Waals surface area contributed by atoms with Crippen LogP contribution in [0.25, 0.3) is 0 Å². The Morgan fingerprint density at radius 3 is 2.62 bits per heavy atom. The molecule has 1 aromatic heterocycles.